The van der Waals surface area contributed by atoms with E-state index in [9.17, 15) is 4.79 Å². The minimum absolute atomic E-state index is 0.135. The monoisotopic (exact) mass is 210 g/mol. The highest BCUT2D eigenvalue weighted by atomic mass is 16.5. The Bertz CT molecular complexity index is 241. The number of morpholine rings is 1. The van der Waals surface area contributed by atoms with Crippen LogP contribution < -0.4 is 5.32 Å². The molecule has 0 aliphatic carbocycles. The number of hydrogen-bond acceptors (Lipinski definition) is 3. The van der Waals surface area contributed by atoms with E-state index in [4.69, 9.17) is 11.2 Å². The van der Waals surface area contributed by atoms with Crippen LogP contribution in [0.3, 0.4) is 0 Å². The lowest BCUT2D eigenvalue weighted by atomic mass is 10.2. The molecule has 0 saturated carbocycles. The Labute approximate surface area is 91.0 Å². The van der Waals surface area contributed by atoms with E-state index in [2.05, 4.69) is 11.2 Å². The summed E-state index contributed by atoms with van der Waals surface area (Å²) in [5, 5.41) is 3.11. The Morgan fingerprint density at radius 2 is 2.27 bits per heavy atom. The van der Waals surface area contributed by atoms with Crippen LogP contribution in [0.1, 0.15) is 13.3 Å². The predicted molar refractivity (Wildman–Crippen MR) is 58.3 cm³/mol. The van der Waals surface area contributed by atoms with Gasteiger partial charge >= 0.3 is 0 Å². The zero-order valence-corrected chi connectivity index (χ0v) is 9.16. The number of carbonyl (C=O) groups is 1. The summed E-state index contributed by atoms with van der Waals surface area (Å²) in [6.45, 7) is 5.23. The first-order chi connectivity index (χ1) is 7.25. The first kappa shape index (κ1) is 12.0. The van der Waals surface area contributed by atoms with Crippen LogP contribution in [0.2, 0.25) is 0 Å². The number of amides is 1. The number of nitrogens with one attached hydrogen (secondary N) is 1. The van der Waals surface area contributed by atoms with Crippen molar-refractivity contribution in [1.29, 1.82) is 0 Å². The Hall–Kier alpha value is -1.05. The standard InChI is InChI=1S/C11H18N2O2/c1-3-4-5-12-10(2)11(14)13-6-8-15-9-7-13/h1,10,12H,4-9H2,2H3. The maximum atomic E-state index is 11.8. The quantitative estimate of drug-likeness (QED) is 0.518. The largest absolute Gasteiger partial charge is 0.378 e. The van der Waals surface area contributed by atoms with Crippen molar-refractivity contribution in [3.8, 4) is 12.3 Å². The van der Waals surface area contributed by atoms with E-state index in [0.717, 1.165) is 0 Å². The highest BCUT2D eigenvalue weighted by Crippen LogP contribution is 2.00. The van der Waals surface area contributed by atoms with Crippen LogP contribution in [0, 0.1) is 12.3 Å². The minimum atomic E-state index is -0.156. The smallest absolute Gasteiger partial charge is 0.239 e. The molecule has 1 unspecified atom stereocenters. The van der Waals surface area contributed by atoms with Crippen molar-refractivity contribution in [1.82, 2.24) is 10.2 Å². The summed E-state index contributed by atoms with van der Waals surface area (Å²) in [5.74, 6) is 2.67. The van der Waals surface area contributed by atoms with Gasteiger partial charge in [0.15, 0.2) is 0 Å². The number of rotatable bonds is 4. The van der Waals surface area contributed by atoms with Gasteiger partial charge in [0, 0.05) is 26.1 Å². The third-order valence-corrected chi connectivity index (χ3v) is 2.41. The van der Waals surface area contributed by atoms with Crippen molar-refractivity contribution in [2.45, 2.75) is 19.4 Å². The number of terminal acetylenes is 1. The van der Waals surface area contributed by atoms with Crippen LogP contribution in [0.15, 0.2) is 0 Å². The molecule has 15 heavy (non-hydrogen) atoms. The summed E-state index contributed by atoms with van der Waals surface area (Å²) in [7, 11) is 0. The maximum Gasteiger partial charge on any atom is 0.239 e. The molecule has 84 valence electrons. The highest BCUT2D eigenvalue weighted by Gasteiger charge is 2.21. The van der Waals surface area contributed by atoms with Crippen molar-refractivity contribution < 1.29 is 9.53 Å². The average Bonchev–Trinajstić information content (AvgIpc) is 2.29. The Morgan fingerprint density at radius 1 is 1.60 bits per heavy atom. The van der Waals surface area contributed by atoms with Gasteiger partial charge in [-0.3, -0.25) is 4.79 Å². The Balaban J connectivity index is 2.28. The second-order valence-corrected chi connectivity index (χ2v) is 3.57. The van der Waals surface area contributed by atoms with E-state index < -0.39 is 0 Å². The van der Waals surface area contributed by atoms with E-state index in [1.165, 1.54) is 0 Å². The number of hydrogen-bond donors (Lipinski definition) is 1. The summed E-state index contributed by atoms with van der Waals surface area (Å²) in [4.78, 5) is 13.7. The summed E-state index contributed by atoms with van der Waals surface area (Å²) in [6, 6.07) is -0.156. The van der Waals surface area contributed by atoms with Gasteiger partial charge in [0.25, 0.3) is 0 Å². The van der Waals surface area contributed by atoms with Crippen LogP contribution in [-0.2, 0) is 9.53 Å². The zero-order valence-electron chi connectivity index (χ0n) is 9.16. The summed E-state index contributed by atoms with van der Waals surface area (Å²) in [5.41, 5.74) is 0. The second kappa shape index (κ2) is 6.44. The Morgan fingerprint density at radius 3 is 2.87 bits per heavy atom. The van der Waals surface area contributed by atoms with E-state index >= 15 is 0 Å². The van der Waals surface area contributed by atoms with Crippen LogP contribution >= 0.6 is 0 Å². The summed E-state index contributed by atoms with van der Waals surface area (Å²) < 4.78 is 5.19. The number of ether oxygens (including phenoxy) is 1. The molecule has 0 spiro atoms. The van der Waals surface area contributed by atoms with Gasteiger partial charge in [0.05, 0.1) is 19.3 Å². The van der Waals surface area contributed by atoms with E-state index in [1.807, 2.05) is 11.8 Å². The van der Waals surface area contributed by atoms with E-state index in [1.54, 1.807) is 0 Å². The molecular weight excluding hydrogens is 192 g/mol. The van der Waals surface area contributed by atoms with Crippen molar-refractivity contribution in [3.05, 3.63) is 0 Å². The van der Waals surface area contributed by atoms with E-state index in [0.29, 0.717) is 39.3 Å². The normalized spacial score (nSPS) is 18.3. The molecule has 1 fully saturated rings. The van der Waals surface area contributed by atoms with Gasteiger partial charge in [-0.05, 0) is 6.92 Å². The van der Waals surface area contributed by atoms with Gasteiger partial charge < -0.3 is 15.0 Å². The van der Waals surface area contributed by atoms with Gasteiger partial charge in [-0.25, -0.2) is 0 Å². The topological polar surface area (TPSA) is 41.6 Å². The lowest BCUT2D eigenvalue weighted by molar-refractivity contribution is -0.137. The lowest BCUT2D eigenvalue weighted by Gasteiger charge is -2.29. The van der Waals surface area contributed by atoms with E-state index in [-0.39, 0.29) is 11.9 Å². The molecule has 1 saturated heterocycles. The maximum absolute atomic E-state index is 11.8. The molecule has 1 atom stereocenters. The van der Waals surface area contributed by atoms with Crippen molar-refractivity contribution in [2.24, 2.45) is 0 Å². The molecule has 4 nitrogen and oxygen atoms in total. The van der Waals surface area contributed by atoms with Gasteiger partial charge in [0.1, 0.15) is 0 Å². The highest BCUT2D eigenvalue weighted by molar-refractivity contribution is 5.81. The molecule has 0 bridgehead atoms. The third-order valence-electron chi connectivity index (χ3n) is 2.41. The fourth-order valence-corrected chi connectivity index (χ4v) is 1.51. The molecule has 0 aromatic heterocycles. The summed E-state index contributed by atoms with van der Waals surface area (Å²) >= 11 is 0. The first-order valence-corrected chi connectivity index (χ1v) is 5.29. The molecule has 0 aromatic rings. The van der Waals surface area contributed by atoms with Gasteiger partial charge in [0.2, 0.25) is 5.91 Å². The molecule has 1 aliphatic rings. The Kier molecular flexibility index (Phi) is 5.16. The van der Waals surface area contributed by atoms with Gasteiger partial charge in [-0.1, -0.05) is 0 Å². The molecule has 0 aromatic carbocycles. The average molecular weight is 210 g/mol. The fraction of sp³-hybridized carbons (Fsp3) is 0.727. The number of carbonyl (C=O) groups excluding carboxylic acids is 1. The third kappa shape index (κ3) is 3.90. The summed E-state index contributed by atoms with van der Waals surface area (Å²) in [6.07, 6.45) is 5.79. The fourth-order valence-electron chi connectivity index (χ4n) is 1.51. The van der Waals surface area contributed by atoms with Crippen LogP contribution in [-0.4, -0.2) is 49.7 Å². The molecule has 1 N–H and O–H groups in total. The second-order valence-electron chi connectivity index (χ2n) is 3.57. The SMILES string of the molecule is C#CCCNC(C)C(=O)N1CCOCC1. The zero-order chi connectivity index (χ0) is 11.1. The first-order valence-electron chi connectivity index (χ1n) is 5.29. The molecular formula is C11H18N2O2. The minimum Gasteiger partial charge on any atom is -0.378 e. The van der Waals surface area contributed by atoms with Crippen LogP contribution in [0.5, 0.6) is 0 Å². The van der Waals surface area contributed by atoms with Gasteiger partial charge in [-0.2, -0.15) is 0 Å². The molecule has 4 heteroatoms. The van der Waals surface area contributed by atoms with Gasteiger partial charge in [-0.15, -0.1) is 12.3 Å². The van der Waals surface area contributed by atoms with Crippen molar-refractivity contribution in [3.63, 3.8) is 0 Å². The van der Waals surface area contributed by atoms with Crippen LogP contribution in [0.4, 0.5) is 0 Å². The van der Waals surface area contributed by atoms with Crippen LogP contribution in [0.25, 0.3) is 0 Å². The molecule has 1 aliphatic heterocycles. The molecule has 1 rings (SSSR count). The van der Waals surface area contributed by atoms with Crippen molar-refractivity contribution in [2.75, 3.05) is 32.8 Å². The van der Waals surface area contributed by atoms with Crippen molar-refractivity contribution >= 4 is 5.91 Å². The molecule has 1 amide bonds. The molecule has 1 heterocycles. The number of nitrogens with zero attached hydrogens (tertiary/aromatic N) is 1. The predicted octanol–water partition coefficient (Wildman–Crippen LogP) is -0.153. The lowest BCUT2D eigenvalue weighted by Crippen LogP contribution is -2.49. The molecule has 0 radical (unpaired) electrons.